The summed E-state index contributed by atoms with van der Waals surface area (Å²) in [6.07, 6.45) is 1.57. The first-order chi connectivity index (χ1) is 16.9. The summed E-state index contributed by atoms with van der Waals surface area (Å²) in [5, 5.41) is 10.9. The zero-order valence-electron chi connectivity index (χ0n) is 19.5. The molecule has 0 atom stereocenters. The first-order valence-corrected chi connectivity index (χ1v) is 11.2. The van der Waals surface area contributed by atoms with Crippen LogP contribution in [0.2, 0.25) is 0 Å². The van der Waals surface area contributed by atoms with Crippen molar-refractivity contribution in [1.82, 2.24) is 14.8 Å². The van der Waals surface area contributed by atoms with Crippen LogP contribution in [0.3, 0.4) is 0 Å². The van der Waals surface area contributed by atoms with E-state index in [9.17, 15) is 14.4 Å². The summed E-state index contributed by atoms with van der Waals surface area (Å²) in [5.74, 6) is -0.560. The van der Waals surface area contributed by atoms with Crippen LogP contribution in [0.1, 0.15) is 44.3 Å². The second-order valence-electron chi connectivity index (χ2n) is 8.36. The van der Waals surface area contributed by atoms with Crippen molar-refractivity contribution in [2.45, 2.75) is 27.2 Å². The number of para-hydroxylation sites is 1. The monoisotopic (exact) mass is 469 g/mol. The molecule has 1 aliphatic heterocycles. The van der Waals surface area contributed by atoms with Gasteiger partial charge in [0.1, 0.15) is 5.56 Å². The minimum absolute atomic E-state index is 0.113. The fraction of sp³-hybridized carbons (Fsp3) is 0.192. The molecule has 9 nitrogen and oxygen atoms in total. The van der Waals surface area contributed by atoms with Crippen LogP contribution in [0.4, 0.5) is 11.5 Å². The van der Waals surface area contributed by atoms with E-state index in [0.717, 1.165) is 27.6 Å². The molecule has 3 heterocycles. The number of nitrogens with zero attached hydrogens (tertiary/aromatic N) is 3. The molecule has 0 radical (unpaired) electrons. The lowest BCUT2D eigenvalue weighted by molar-refractivity contribution is -0.115. The minimum atomic E-state index is -0.605. The van der Waals surface area contributed by atoms with Crippen molar-refractivity contribution in [2.75, 3.05) is 17.2 Å². The molecule has 0 saturated heterocycles. The molecule has 1 aliphatic rings. The fourth-order valence-electron chi connectivity index (χ4n) is 4.20. The van der Waals surface area contributed by atoms with E-state index in [4.69, 9.17) is 9.72 Å². The van der Waals surface area contributed by atoms with Crippen molar-refractivity contribution in [3.05, 3.63) is 76.5 Å². The van der Waals surface area contributed by atoms with E-state index < -0.39 is 11.9 Å². The Bertz CT molecular complexity index is 1520. The topological polar surface area (TPSA) is 115 Å². The number of amides is 2. The van der Waals surface area contributed by atoms with Crippen molar-refractivity contribution >= 4 is 40.2 Å². The van der Waals surface area contributed by atoms with Crippen LogP contribution in [0.15, 0.2) is 48.7 Å². The summed E-state index contributed by atoms with van der Waals surface area (Å²) in [6, 6.07) is 12.8. The Balaban J connectivity index is 1.58. The molecule has 4 aromatic rings. The first-order valence-electron chi connectivity index (χ1n) is 11.2. The maximum absolute atomic E-state index is 13.2. The van der Waals surface area contributed by atoms with Crippen LogP contribution in [0.5, 0.6) is 0 Å². The minimum Gasteiger partial charge on any atom is -0.462 e. The van der Waals surface area contributed by atoms with Crippen LogP contribution < -0.4 is 10.6 Å². The van der Waals surface area contributed by atoms with Crippen molar-refractivity contribution in [2.24, 2.45) is 0 Å². The number of hydrogen-bond acceptors (Lipinski definition) is 6. The molecule has 35 heavy (non-hydrogen) atoms. The summed E-state index contributed by atoms with van der Waals surface area (Å²) in [5.41, 5.74) is 4.68. The van der Waals surface area contributed by atoms with Gasteiger partial charge in [-0.25, -0.2) is 9.78 Å². The quantitative estimate of drug-likeness (QED) is 0.428. The van der Waals surface area contributed by atoms with Crippen LogP contribution in [0.25, 0.3) is 16.7 Å². The van der Waals surface area contributed by atoms with E-state index in [-0.39, 0.29) is 30.3 Å². The first kappa shape index (κ1) is 22.3. The number of fused-ring (bicyclic) bond motifs is 2. The van der Waals surface area contributed by atoms with Gasteiger partial charge in [0.25, 0.3) is 5.91 Å². The van der Waals surface area contributed by atoms with Crippen molar-refractivity contribution in [1.29, 1.82) is 0 Å². The smallest absolute Gasteiger partial charge is 0.343 e. The van der Waals surface area contributed by atoms with E-state index >= 15 is 0 Å². The summed E-state index contributed by atoms with van der Waals surface area (Å²) in [7, 11) is 0. The number of benzene rings is 2. The van der Waals surface area contributed by atoms with Gasteiger partial charge in [0.15, 0.2) is 11.6 Å². The number of anilines is 2. The zero-order valence-corrected chi connectivity index (χ0v) is 19.5. The molecule has 5 rings (SSSR count). The highest BCUT2D eigenvalue weighted by atomic mass is 16.5. The number of esters is 1. The van der Waals surface area contributed by atoms with Crippen LogP contribution in [-0.4, -0.2) is 39.2 Å². The van der Waals surface area contributed by atoms with Gasteiger partial charge < -0.3 is 15.4 Å². The summed E-state index contributed by atoms with van der Waals surface area (Å²) < 4.78 is 6.61. The Morgan fingerprint density at radius 3 is 2.77 bits per heavy atom. The van der Waals surface area contributed by atoms with Crippen molar-refractivity contribution in [3.8, 4) is 5.82 Å². The number of aromatic nitrogens is 3. The molecule has 0 saturated carbocycles. The van der Waals surface area contributed by atoms with E-state index in [1.807, 2.05) is 38.1 Å². The Morgan fingerprint density at radius 1 is 1.14 bits per heavy atom. The third-order valence-corrected chi connectivity index (χ3v) is 5.94. The van der Waals surface area contributed by atoms with Crippen LogP contribution >= 0.6 is 0 Å². The molecule has 2 N–H and O–H groups in total. The van der Waals surface area contributed by atoms with Gasteiger partial charge in [-0.3, -0.25) is 9.59 Å². The Labute approximate surface area is 201 Å². The van der Waals surface area contributed by atoms with Gasteiger partial charge in [0.2, 0.25) is 5.91 Å². The van der Waals surface area contributed by atoms with Gasteiger partial charge in [-0.15, -0.1) is 0 Å². The molecule has 2 amide bonds. The molecule has 0 unspecified atom stereocenters. The maximum atomic E-state index is 13.2. The molecular weight excluding hydrogens is 446 g/mol. The van der Waals surface area contributed by atoms with Gasteiger partial charge in [-0.1, -0.05) is 18.2 Å². The zero-order chi connectivity index (χ0) is 24.7. The predicted molar refractivity (Wildman–Crippen MR) is 131 cm³/mol. The highest BCUT2D eigenvalue weighted by Gasteiger charge is 2.24. The Morgan fingerprint density at radius 2 is 1.97 bits per heavy atom. The fourth-order valence-corrected chi connectivity index (χ4v) is 4.20. The summed E-state index contributed by atoms with van der Waals surface area (Å²) in [6.45, 7) is 5.83. The largest absolute Gasteiger partial charge is 0.462 e. The lowest BCUT2D eigenvalue weighted by atomic mass is 10.1. The molecule has 0 spiro atoms. The van der Waals surface area contributed by atoms with Gasteiger partial charge in [0.05, 0.1) is 24.7 Å². The molecule has 176 valence electrons. The normalized spacial score (nSPS) is 12.4. The molecular formula is C26H23N5O4. The highest BCUT2D eigenvalue weighted by Crippen LogP contribution is 2.28. The van der Waals surface area contributed by atoms with E-state index in [2.05, 4.69) is 15.7 Å². The number of pyridine rings is 1. The summed E-state index contributed by atoms with van der Waals surface area (Å²) >= 11 is 0. The lowest BCUT2D eigenvalue weighted by Crippen LogP contribution is -2.18. The van der Waals surface area contributed by atoms with E-state index in [1.54, 1.807) is 25.1 Å². The number of carbonyl (C=O) groups excluding carboxylic acids is 3. The van der Waals surface area contributed by atoms with E-state index in [0.29, 0.717) is 17.1 Å². The van der Waals surface area contributed by atoms with Gasteiger partial charge in [-0.2, -0.15) is 9.78 Å². The van der Waals surface area contributed by atoms with Crippen molar-refractivity contribution in [3.63, 3.8) is 0 Å². The van der Waals surface area contributed by atoms with Gasteiger partial charge in [0, 0.05) is 16.6 Å². The number of ether oxygens (including phenoxy) is 1. The average molecular weight is 470 g/mol. The SMILES string of the molecule is CCOC(=O)c1cnn(-c2cc(C)c3cccc(C)c3n2)c1NC(=O)c1ccc2c(c1)CC(=O)N2. The van der Waals surface area contributed by atoms with Crippen LogP contribution in [0, 0.1) is 13.8 Å². The molecule has 0 bridgehead atoms. The Kier molecular flexibility index (Phi) is 5.52. The number of rotatable bonds is 5. The average Bonchev–Trinajstić information content (AvgIpc) is 3.41. The highest BCUT2D eigenvalue weighted by molar-refractivity contribution is 6.09. The van der Waals surface area contributed by atoms with E-state index in [1.165, 1.54) is 10.9 Å². The lowest BCUT2D eigenvalue weighted by Gasteiger charge is -2.13. The van der Waals surface area contributed by atoms with Crippen LogP contribution in [-0.2, 0) is 16.0 Å². The maximum Gasteiger partial charge on any atom is 0.343 e. The number of carbonyl (C=O) groups is 3. The Hall–Kier alpha value is -4.53. The van der Waals surface area contributed by atoms with Crippen molar-refractivity contribution < 1.29 is 19.1 Å². The third kappa shape index (κ3) is 4.01. The molecule has 0 aliphatic carbocycles. The number of hydrogen-bond donors (Lipinski definition) is 2. The van der Waals surface area contributed by atoms with Gasteiger partial charge in [-0.05, 0) is 61.7 Å². The standard InChI is InChI=1S/C26H23N5O4/c1-4-35-26(34)19-13-27-31(21-10-15(3)18-7-5-6-14(2)23(18)29-21)24(19)30-25(33)16-8-9-20-17(11-16)12-22(32)28-20/h5-11,13H,4,12H2,1-3H3,(H,28,32)(H,30,33). The molecule has 2 aromatic carbocycles. The predicted octanol–water partition coefficient (Wildman–Crippen LogP) is 3.96. The number of nitrogens with one attached hydrogen (secondary N) is 2. The summed E-state index contributed by atoms with van der Waals surface area (Å²) in [4.78, 5) is 42.3. The second kappa shape index (κ2) is 8.68. The molecule has 0 fully saturated rings. The second-order valence-corrected chi connectivity index (χ2v) is 8.36. The number of aryl methyl sites for hydroxylation is 2. The third-order valence-electron chi connectivity index (χ3n) is 5.94. The molecule has 9 heteroatoms. The molecule has 2 aromatic heterocycles. The van der Waals surface area contributed by atoms with Gasteiger partial charge >= 0.3 is 5.97 Å².